The highest BCUT2D eigenvalue weighted by atomic mass is 19.1. The summed E-state index contributed by atoms with van der Waals surface area (Å²) < 4.78 is 13.4. The number of hydrogen-bond donors (Lipinski definition) is 0. The zero-order chi connectivity index (χ0) is 18.4. The zero-order valence-electron chi connectivity index (χ0n) is 14.6. The largest absolute Gasteiger partial charge is 0.337 e. The first kappa shape index (κ1) is 16.9. The Morgan fingerprint density at radius 1 is 1.19 bits per heavy atom. The average Bonchev–Trinajstić information content (AvgIpc) is 3.29. The number of carbonyl (C=O) groups is 3. The van der Waals surface area contributed by atoms with Crippen LogP contribution in [0.15, 0.2) is 36.4 Å². The van der Waals surface area contributed by atoms with Crippen LogP contribution in [0.5, 0.6) is 0 Å². The molecule has 2 fully saturated rings. The fraction of sp³-hybridized carbons (Fsp3) is 0.450. The minimum absolute atomic E-state index is 0.135. The van der Waals surface area contributed by atoms with E-state index in [-0.39, 0.29) is 60.3 Å². The van der Waals surface area contributed by atoms with Gasteiger partial charge < -0.3 is 4.90 Å². The van der Waals surface area contributed by atoms with Gasteiger partial charge >= 0.3 is 0 Å². The molecule has 0 spiro atoms. The van der Waals surface area contributed by atoms with Gasteiger partial charge in [0.1, 0.15) is 12.4 Å². The lowest BCUT2D eigenvalue weighted by Crippen LogP contribution is -2.43. The Bertz CT molecular complexity index is 776. The number of amides is 3. The molecule has 1 heterocycles. The molecule has 5 nitrogen and oxygen atoms in total. The second kappa shape index (κ2) is 6.34. The Morgan fingerprint density at radius 2 is 1.85 bits per heavy atom. The fourth-order valence-electron chi connectivity index (χ4n) is 4.59. The van der Waals surface area contributed by atoms with Crippen molar-refractivity contribution in [3.05, 3.63) is 47.8 Å². The monoisotopic (exact) mass is 356 g/mol. The van der Waals surface area contributed by atoms with Crippen molar-refractivity contribution in [2.75, 3.05) is 13.1 Å². The molecule has 1 saturated carbocycles. The van der Waals surface area contributed by atoms with E-state index in [9.17, 15) is 18.8 Å². The van der Waals surface area contributed by atoms with Gasteiger partial charge in [-0.3, -0.25) is 19.3 Å². The Hall–Kier alpha value is -2.50. The van der Waals surface area contributed by atoms with Crippen molar-refractivity contribution in [1.29, 1.82) is 0 Å². The predicted molar refractivity (Wildman–Crippen MR) is 91.9 cm³/mol. The van der Waals surface area contributed by atoms with Crippen molar-refractivity contribution in [1.82, 2.24) is 9.80 Å². The van der Waals surface area contributed by atoms with Crippen LogP contribution in [0.3, 0.4) is 0 Å². The van der Waals surface area contributed by atoms with Gasteiger partial charge in [0, 0.05) is 13.1 Å². The molecule has 4 atom stereocenters. The van der Waals surface area contributed by atoms with E-state index >= 15 is 0 Å². The number of hydrogen-bond acceptors (Lipinski definition) is 3. The summed E-state index contributed by atoms with van der Waals surface area (Å²) >= 11 is 0. The topological polar surface area (TPSA) is 57.7 Å². The Morgan fingerprint density at radius 3 is 2.42 bits per heavy atom. The first-order valence-electron chi connectivity index (χ1n) is 9.05. The van der Waals surface area contributed by atoms with Gasteiger partial charge in [-0.2, -0.15) is 0 Å². The van der Waals surface area contributed by atoms with Crippen LogP contribution in [0.4, 0.5) is 4.39 Å². The first-order chi connectivity index (χ1) is 12.5. The quantitative estimate of drug-likeness (QED) is 0.599. The summed E-state index contributed by atoms with van der Waals surface area (Å²) in [6.45, 7) is 2.27. The molecule has 1 aliphatic heterocycles. The maximum absolute atomic E-state index is 13.4. The molecule has 0 N–H and O–H groups in total. The van der Waals surface area contributed by atoms with E-state index < -0.39 is 0 Å². The molecule has 4 rings (SSSR count). The van der Waals surface area contributed by atoms with Crippen LogP contribution in [0, 0.1) is 29.5 Å². The zero-order valence-corrected chi connectivity index (χ0v) is 14.6. The molecule has 6 heteroatoms. The molecule has 136 valence electrons. The number of likely N-dealkylation sites (N-methyl/N-ethyl adjacent to an activating group) is 1. The molecule has 0 aromatic heterocycles. The number of imide groups is 1. The highest BCUT2D eigenvalue weighted by Gasteiger charge is 2.59. The van der Waals surface area contributed by atoms with Crippen molar-refractivity contribution in [3.63, 3.8) is 0 Å². The highest BCUT2D eigenvalue weighted by molar-refractivity contribution is 6.08. The van der Waals surface area contributed by atoms with E-state index in [4.69, 9.17) is 0 Å². The molecule has 1 saturated heterocycles. The molecule has 0 radical (unpaired) electrons. The molecule has 1 aromatic carbocycles. The molecule has 26 heavy (non-hydrogen) atoms. The third-order valence-electron chi connectivity index (χ3n) is 5.85. The Kier molecular flexibility index (Phi) is 4.13. The van der Waals surface area contributed by atoms with Gasteiger partial charge in [-0.15, -0.1) is 0 Å². The molecule has 3 aliphatic rings. The van der Waals surface area contributed by atoms with Crippen molar-refractivity contribution >= 4 is 17.7 Å². The lowest BCUT2D eigenvalue weighted by Gasteiger charge is -2.24. The molecule has 2 aliphatic carbocycles. The smallest absolute Gasteiger partial charge is 0.243 e. The average molecular weight is 356 g/mol. The normalized spacial score (nSPS) is 28.8. The minimum Gasteiger partial charge on any atom is -0.337 e. The van der Waals surface area contributed by atoms with E-state index in [1.807, 2.05) is 19.1 Å². The SMILES string of the molecule is CCN(Cc1cccc(F)c1)C(=O)CN1C(=O)C2C3C=CC(C3)C2C1=O. The third kappa shape index (κ3) is 2.64. The summed E-state index contributed by atoms with van der Waals surface area (Å²) in [6.07, 6.45) is 4.94. The summed E-state index contributed by atoms with van der Waals surface area (Å²) in [7, 11) is 0. The number of rotatable bonds is 5. The maximum atomic E-state index is 13.4. The second-order valence-corrected chi connectivity index (χ2v) is 7.30. The van der Waals surface area contributed by atoms with Crippen molar-refractivity contribution in [2.24, 2.45) is 23.7 Å². The number of allylic oxidation sites excluding steroid dienone is 2. The van der Waals surface area contributed by atoms with Gasteiger partial charge in [0.25, 0.3) is 0 Å². The van der Waals surface area contributed by atoms with Gasteiger partial charge in [0.15, 0.2) is 0 Å². The van der Waals surface area contributed by atoms with E-state index in [1.165, 1.54) is 17.0 Å². The first-order valence-corrected chi connectivity index (χ1v) is 9.05. The number of halogens is 1. The summed E-state index contributed by atoms with van der Waals surface area (Å²) in [5.74, 6) is -1.39. The summed E-state index contributed by atoms with van der Waals surface area (Å²) in [4.78, 5) is 40.7. The standard InChI is InChI=1S/C20H21FN2O3/c1-2-22(10-12-4-3-5-15(21)8-12)16(24)11-23-19(25)17-13-6-7-14(9-13)18(17)20(23)26/h3-8,13-14,17-18H,2,9-11H2,1H3. The van der Waals surface area contributed by atoms with Crippen molar-refractivity contribution in [2.45, 2.75) is 19.9 Å². The van der Waals surface area contributed by atoms with Crippen LogP contribution in [0.25, 0.3) is 0 Å². The van der Waals surface area contributed by atoms with Gasteiger partial charge in [0.05, 0.1) is 11.8 Å². The Balaban J connectivity index is 1.45. The van der Waals surface area contributed by atoms with Crippen LogP contribution in [-0.4, -0.2) is 40.6 Å². The van der Waals surface area contributed by atoms with E-state index in [2.05, 4.69) is 0 Å². The summed E-state index contributed by atoms with van der Waals surface area (Å²) in [6, 6.07) is 6.08. The minimum atomic E-state index is -0.355. The number of fused-ring (bicyclic) bond motifs is 5. The predicted octanol–water partition coefficient (Wildman–Crippen LogP) is 1.98. The number of benzene rings is 1. The van der Waals surface area contributed by atoms with Crippen molar-refractivity contribution in [3.8, 4) is 0 Å². The second-order valence-electron chi connectivity index (χ2n) is 7.30. The third-order valence-corrected chi connectivity index (χ3v) is 5.85. The molecule has 2 bridgehead atoms. The van der Waals surface area contributed by atoms with E-state index in [0.717, 1.165) is 11.3 Å². The summed E-state index contributed by atoms with van der Waals surface area (Å²) in [5.41, 5.74) is 0.679. The molecular weight excluding hydrogens is 335 g/mol. The Labute approximate surface area is 151 Å². The molecular formula is C20H21FN2O3. The van der Waals surface area contributed by atoms with Crippen LogP contribution in [0.1, 0.15) is 18.9 Å². The maximum Gasteiger partial charge on any atom is 0.243 e. The molecule has 1 aromatic rings. The fourth-order valence-corrected chi connectivity index (χ4v) is 4.59. The van der Waals surface area contributed by atoms with Crippen LogP contribution in [0.2, 0.25) is 0 Å². The molecule has 3 amide bonds. The summed E-state index contributed by atoms with van der Waals surface area (Å²) in [5, 5.41) is 0. The molecule has 4 unspecified atom stereocenters. The van der Waals surface area contributed by atoms with Gasteiger partial charge in [-0.25, -0.2) is 4.39 Å². The lowest BCUT2D eigenvalue weighted by atomic mass is 9.85. The van der Waals surface area contributed by atoms with Crippen LogP contribution in [-0.2, 0) is 20.9 Å². The van der Waals surface area contributed by atoms with E-state index in [1.54, 1.807) is 12.1 Å². The van der Waals surface area contributed by atoms with Crippen LogP contribution < -0.4 is 0 Å². The van der Waals surface area contributed by atoms with Crippen molar-refractivity contribution < 1.29 is 18.8 Å². The number of nitrogens with zero attached hydrogens (tertiary/aromatic N) is 2. The van der Waals surface area contributed by atoms with Crippen LogP contribution >= 0.6 is 0 Å². The van der Waals surface area contributed by atoms with Gasteiger partial charge in [-0.1, -0.05) is 24.3 Å². The van der Waals surface area contributed by atoms with E-state index in [0.29, 0.717) is 12.1 Å². The van der Waals surface area contributed by atoms with Gasteiger partial charge in [-0.05, 0) is 42.9 Å². The highest BCUT2D eigenvalue weighted by Crippen LogP contribution is 2.52. The number of carbonyl (C=O) groups excluding carboxylic acids is 3. The van der Waals surface area contributed by atoms with Gasteiger partial charge in [0.2, 0.25) is 17.7 Å². The lowest BCUT2D eigenvalue weighted by molar-refractivity contribution is -0.147. The number of likely N-dealkylation sites (tertiary alicyclic amines) is 1.